The first-order valence-electron chi connectivity index (χ1n) is 19.0. The normalized spacial score (nSPS) is 12.7. The first kappa shape index (κ1) is 28.1. The Kier molecular flexibility index (Phi) is 4.99. The third kappa shape index (κ3) is 3.33. The molecule has 0 aliphatic heterocycles. The van der Waals surface area contributed by atoms with Crippen LogP contribution >= 0.6 is 0 Å². The lowest BCUT2D eigenvalue weighted by Crippen LogP contribution is -1.93. The molecule has 6 aromatic heterocycles. The zero-order chi connectivity index (χ0) is 35.5. The van der Waals surface area contributed by atoms with Crippen LogP contribution in [0.2, 0.25) is 0 Å². The predicted molar refractivity (Wildman–Crippen MR) is 231 cm³/mol. The number of aromatic nitrogens is 4. The van der Waals surface area contributed by atoms with Crippen molar-refractivity contribution in [3.63, 3.8) is 0 Å². The zero-order valence-corrected chi connectivity index (χ0v) is 29.5. The summed E-state index contributed by atoms with van der Waals surface area (Å²) in [6, 6.07) is 62.5. The summed E-state index contributed by atoms with van der Waals surface area (Å²) in [5.74, 6) is 0. The standard InChI is InChI=1S/C51H28N4/c1-2-13-31(14-3-1)53-42-22-8-7-17-34(42)40-27-30(24-25-44(40)53)39-26-29-12-4-5-15-32(29)46-37-20-11-21-38-47-45(54(49(37)38)50(39)46)28-41-36-19-10-18-35-33-16-6-9-23-43(33)55(48(35)36)51(41)52-47/h1-28H. The van der Waals surface area contributed by atoms with Gasteiger partial charge in [0.1, 0.15) is 5.65 Å². The molecule has 0 spiro atoms. The molecule has 4 heteroatoms. The van der Waals surface area contributed by atoms with Crippen LogP contribution in [0.1, 0.15) is 0 Å². The summed E-state index contributed by atoms with van der Waals surface area (Å²) in [6.07, 6.45) is 0. The minimum absolute atomic E-state index is 1.02. The fourth-order valence-electron chi connectivity index (χ4n) is 10.3. The van der Waals surface area contributed by atoms with E-state index < -0.39 is 0 Å². The van der Waals surface area contributed by atoms with Gasteiger partial charge >= 0.3 is 0 Å². The second-order valence-electron chi connectivity index (χ2n) is 15.1. The molecule has 4 nitrogen and oxygen atoms in total. The summed E-state index contributed by atoms with van der Waals surface area (Å²) < 4.78 is 7.32. The molecule has 0 amide bonds. The summed E-state index contributed by atoms with van der Waals surface area (Å²) in [5.41, 5.74) is 14.1. The molecule has 0 atom stereocenters. The van der Waals surface area contributed by atoms with Crippen LogP contribution < -0.4 is 0 Å². The van der Waals surface area contributed by atoms with E-state index in [9.17, 15) is 0 Å². The molecule has 14 aromatic rings. The molecule has 14 rings (SSSR count). The summed E-state index contributed by atoms with van der Waals surface area (Å²) >= 11 is 0. The number of fused-ring (bicyclic) bond motifs is 17. The molecule has 0 saturated heterocycles. The molecule has 0 radical (unpaired) electrons. The van der Waals surface area contributed by atoms with Crippen molar-refractivity contribution in [2.45, 2.75) is 0 Å². The van der Waals surface area contributed by atoms with E-state index in [4.69, 9.17) is 4.98 Å². The molecule has 0 bridgehead atoms. The highest BCUT2D eigenvalue weighted by Crippen LogP contribution is 2.47. The highest BCUT2D eigenvalue weighted by atomic mass is 15.0. The van der Waals surface area contributed by atoms with Crippen molar-refractivity contribution in [3.05, 3.63) is 170 Å². The van der Waals surface area contributed by atoms with Crippen molar-refractivity contribution in [2.24, 2.45) is 0 Å². The van der Waals surface area contributed by atoms with Gasteiger partial charge in [0.25, 0.3) is 0 Å². The van der Waals surface area contributed by atoms with Crippen molar-refractivity contribution in [1.82, 2.24) is 18.4 Å². The Morgan fingerprint density at radius 1 is 0.364 bits per heavy atom. The molecule has 252 valence electrons. The van der Waals surface area contributed by atoms with E-state index in [1.54, 1.807) is 0 Å². The van der Waals surface area contributed by atoms with E-state index >= 15 is 0 Å². The van der Waals surface area contributed by atoms with Crippen LogP contribution in [0.25, 0.3) is 126 Å². The van der Waals surface area contributed by atoms with E-state index in [0.717, 1.165) is 16.7 Å². The predicted octanol–water partition coefficient (Wildman–Crippen LogP) is 13.3. The molecule has 0 saturated carbocycles. The first-order chi connectivity index (χ1) is 27.3. The van der Waals surface area contributed by atoms with Gasteiger partial charge in [-0.3, -0.25) is 4.40 Å². The van der Waals surface area contributed by atoms with Crippen molar-refractivity contribution >= 4 is 109 Å². The molecular weight excluding hydrogens is 669 g/mol. The third-order valence-corrected chi connectivity index (χ3v) is 12.4. The summed E-state index contributed by atoms with van der Waals surface area (Å²) in [6.45, 7) is 0. The smallest absolute Gasteiger partial charge is 0.146 e. The monoisotopic (exact) mass is 696 g/mol. The molecular formula is C51H28N4. The van der Waals surface area contributed by atoms with Crippen molar-refractivity contribution in [2.75, 3.05) is 0 Å². The van der Waals surface area contributed by atoms with E-state index in [-0.39, 0.29) is 0 Å². The summed E-state index contributed by atoms with van der Waals surface area (Å²) in [5, 5.41) is 13.7. The molecule has 0 aliphatic carbocycles. The Bertz CT molecular complexity index is 3940. The highest BCUT2D eigenvalue weighted by Gasteiger charge is 2.26. The largest absolute Gasteiger partial charge is 0.309 e. The topological polar surface area (TPSA) is 26.6 Å². The maximum atomic E-state index is 5.63. The number of hydrogen-bond donors (Lipinski definition) is 0. The van der Waals surface area contributed by atoms with Gasteiger partial charge in [-0.15, -0.1) is 0 Å². The van der Waals surface area contributed by atoms with Crippen LogP contribution in [0.3, 0.4) is 0 Å². The van der Waals surface area contributed by atoms with Crippen LogP contribution in [0.4, 0.5) is 0 Å². The Hall–Kier alpha value is -7.43. The van der Waals surface area contributed by atoms with Gasteiger partial charge in [0.15, 0.2) is 0 Å². The Balaban J connectivity index is 1.16. The molecule has 0 unspecified atom stereocenters. The number of pyridine rings is 1. The fourth-order valence-corrected chi connectivity index (χ4v) is 10.3. The number of rotatable bonds is 2. The van der Waals surface area contributed by atoms with Crippen LogP contribution in [-0.4, -0.2) is 18.4 Å². The third-order valence-electron chi connectivity index (χ3n) is 12.4. The SMILES string of the molecule is c1ccc(-n2c3ccccc3c3cc(-c4cc5ccccc5c5c6cccc7c8nc9c(cc8n(c45)c76)c4cccc5c6ccccc6n9c54)ccc32)cc1. The second kappa shape index (κ2) is 9.75. The Labute approximate surface area is 313 Å². The second-order valence-corrected chi connectivity index (χ2v) is 15.1. The molecule has 55 heavy (non-hydrogen) atoms. The van der Waals surface area contributed by atoms with E-state index in [1.807, 2.05) is 0 Å². The maximum Gasteiger partial charge on any atom is 0.146 e. The summed E-state index contributed by atoms with van der Waals surface area (Å²) in [4.78, 5) is 5.63. The summed E-state index contributed by atoms with van der Waals surface area (Å²) in [7, 11) is 0. The van der Waals surface area contributed by atoms with Gasteiger partial charge in [-0.1, -0.05) is 121 Å². The van der Waals surface area contributed by atoms with Gasteiger partial charge in [0, 0.05) is 59.7 Å². The van der Waals surface area contributed by atoms with E-state index in [0.29, 0.717) is 0 Å². The van der Waals surface area contributed by atoms with Gasteiger partial charge in [-0.2, -0.15) is 0 Å². The number of para-hydroxylation sites is 5. The average molecular weight is 697 g/mol. The zero-order valence-electron chi connectivity index (χ0n) is 29.5. The lowest BCUT2D eigenvalue weighted by atomic mass is 9.95. The van der Waals surface area contributed by atoms with E-state index in [1.165, 1.54) is 109 Å². The lowest BCUT2D eigenvalue weighted by Gasteiger charge is -2.11. The van der Waals surface area contributed by atoms with Crippen molar-refractivity contribution in [3.8, 4) is 16.8 Å². The fraction of sp³-hybridized carbons (Fsp3) is 0. The number of benzene rings is 8. The molecule has 0 aliphatic rings. The van der Waals surface area contributed by atoms with Crippen molar-refractivity contribution in [1.29, 1.82) is 0 Å². The molecule has 6 heterocycles. The Morgan fingerprint density at radius 2 is 1.00 bits per heavy atom. The first-order valence-corrected chi connectivity index (χ1v) is 19.0. The minimum atomic E-state index is 1.02. The highest BCUT2D eigenvalue weighted by molar-refractivity contribution is 6.32. The maximum absolute atomic E-state index is 5.63. The minimum Gasteiger partial charge on any atom is -0.309 e. The van der Waals surface area contributed by atoms with Crippen LogP contribution in [0.5, 0.6) is 0 Å². The van der Waals surface area contributed by atoms with Gasteiger partial charge in [-0.25, -0.2) is 4.98 Å². The number of hydrogen-bond acceptors (Lipinski definition) is 1. The molecule has 8 aromatic carbocycles. The van der Waals surface area contributed by atoms with E-state index in [2.05, 4.69) is 183 Å². The number of nitrogens with zero attached hydrogens (tertiary/aromatic N) is 4. The average Bonchev–Trinajstić information content (AvgIpc) is 4.03. The van der Waals surface area contributed by atoms with Crippen LogP contribution in [0.15, 0.2) is 170 Å². The quantitative estimate of drug-likeness (QED) is 0.177. The lowest BCUT2D eigenvalue weighted by molar-refractivity contribution is 1.18. The van der Waals surface area contributed by atoms with Crippen LogP contribution in [0, 0.1) is 0 Å². The van der Waals surface area contributed by atoms with Gasteiger partial charge < -0.3 is 8.97 Å². The van der Waals surface area contributed by atoms with Crippen LogP contribution in [-0.2, 0) is 0 Å². The van der Waals surface area contributed by atoms with Gasteiger partial charge in [0.2, 0.25) is 0 Å². The molecule has 0 N–H and O–H groups in total. The van der Waals surface area contributed by atoms with Crippen molar-refractivity contribution < 1.29 is 0 Å². The van der Waals surface area contributed by atoms with Gasteiger partial charge in [0.05, 0.1) is 44.1 Å². The molecule has 0 fully saturated rings. The Morgan fingerprint density at radius 3 is 1.85 bits per heavy atom. The van der Waals surface area contributed by atoms with Gasteiger partial charge in [-0.05, 0) is 64.9 Å².